The summed E-state index contributed by atoms with van der Waals surface area (Å²) in [6.07, 6.45) is 3.51. The van der Waals surface area contributed by atoms with Crippen LogP contribution in [0.25, 0.3) is 28.7 Å². The molecule has 1 N–H and O–H groups in total. The summed E-state index contributed by atoms with van der Waals surface area (Å²) in [6.45, 7) is 4.04. The molecule has 4 rings (SSSR count). The van der Waals surface area contributed by atoms with Crippen LogP contribution in [0.4, 0.5) is 8.78 Å². The first kappa shape index (κ1) is 23.3. The number of nitrogens with zero attached hydrogens (tertiary/aromatic N) is 3. The van der Waals surface area contributed by atoms with Gasteiger partial charge in [-0.05, 0) is 70.5 Å². The minimum Gasteiger partial charge on any atom is -0.391 e. The maximum absolute atomic E-state index is 13.6. The number of aliphatic hydroxyl groups excluding tert-OH is 1. The van der Waals surface area contributed by atoms with Gasteiger partial charge in [0.15, 0.2) is 0 Å². The van der Waals surface area contributed by atoms with Gasteiger partial charge in [0.1, 0.15) is 28.2 Å². The van der Waals surface area contributed by atoms with Crippen molar-refractivity contribution in [2.45, 2.75) is 44.8 Å². The van der Waals surface area contributed by atoms with Crippen LogP contribution in [-0.2, 0) is 4.84 Å². The Morgan fingerprint density at radius 2 is 1.70 bits per heavy atom. The number of aromatic nitrogens is 2. The lowest BCUT2D eigenvalue weighted by Crippen LogP contribution is -2.16. The Hall–Kier alpha value is -2.84. The first-order chi connectivity index (χ1) is 15.8. The van der Waals surface area contributed by atoms with Crippen molar-refractivity contribution in [2.24, 2.45) is 5.16 Å². The summed E-state index contributed by atoms with van der Waals surface area (Å²) in [7, 11) is 0. The van der Waals surface area contributed by atoms with Crippen molar-refractivity contribution in [1.82, 2.24) is 9.55 Å². The molecule has 0 bridgehead atoms. The zero-order valence-electron chi connectivity index (χ0n) is 18.3. The van der Waals surface area contributed by atoms with Gasteiger partial charge in [-0.2, -0.15) is 0 Å². The average molecular weight is 516 g/mol. The highest BCUT2D eigenvalue weighted by Gasteiger charge is 2.23. The van der Waals surface area contributed by atoms with Crippen LogP contribution in [0.3, 0.4) is 0 Å². The van der Waals surface area contributed by atoms with Gasteiger partial charge >= 0.3 is 0 Å². The van der Waals surface area contributed by atoms with E-state index in [1.807, 2.05) is 18.4 Å². The molecule has 3 aromatic rings. The van der Waals surface area contributed by atoms with Crippen molar-refractivity contribution in [1.29, 1.82) is 0 Å². The smallest absolute Gasteiger partial charge is 0.136 e. The molecule has 1 aliphatic rings. The highest BCUT2D eigenvalue weighted by Crippen LogP contribution is 2.35. The molecule has 172 valence electrons. The van der Waals surface area contributed by atoms with Crippen LogP contribution in [0.15, 0.2) is 59.8 Å². The average Bonchev–Trinajstić information content (AvgIpc) is 3.37. The maximum Gasteiger partial charge on any atom is 0.136 e. The van der Waals surface area contributed by atoms with E-state index in [0.29, 0.717) is 18.5 Å². The summed E-state index contributed by atoms with van der Waals surface area (Å²) in [5, 5.41) is 14.4. The summed E-state index contributed by atoms with van der Waals surface area (Å²) >= 11 is 3.30. The van der Waals surface area contributed by atoms with Crippen molar-refractivity contribution >= 4 is 26.8 Å². The van der Waals surface area contributed by atoms with Gasteiger partial charge in [-0.3, -0.25) is 0 Å². The highest BCUT2D eigenvalue weighted by atomic mass is 79.9. The molecule has 1 aliphatic heterocycles. The summed E-state index contributed by atoms with van der Waals surface area (Å²) in [4.78, 5) is 10.2. The van der Waals surface area contributed by atoms with Gasteiger partial charge in [0.2, 0.25) is 0 Å². The number of rotatable bonds is 7. The van der Waals surface area contributed by atoms with E-state index in [1.54, 1.807) is 36.5 Å². The van der Waals surface area contributed by atoms with E-state index in [2.05, 4.69) is 21.1 Å². The van der Waals surface area contributed by atoms with Gasteiger partial charge in [-0.25, -0.2) is 13.8 Å². The molecule has 0 saturated carbocycles. The Morgan fingerprint density at radius 1 is 1.09 bits per heavy atom. The molecule has 33 heavy (non-hydrogen) atoms. The first-order valence-electron chi connectivity index (χ1n) is 10.7. The summed E-state index contributed by atoms with van der Waals surface area (Å²) < 4.78 is 29.8. The SMILES string of the molecule is CC(C)c1nc(-c2ccc(F)cc2)c(-c2ccc(F)cc2)n1/C=C/C(O)CC1CC(Br)=NO1. The lowest BCUT2D eigenvalue weighted by atomic mass is 10.0. The number of imidazole rings is 1. The first-order valence-corrected chi connectivity index (χ1v) is 11.5. The molecular formula is C25H24BrF2N3O2. The third kappa shape index (κ3) is 5.39. The van der Waals surface area contributed by atoms with E-state index in [-0.39, 0.29) is 23.7 Å². The Labute approximate surface area is 199 Å². The summed E-state index contributed by atoms with van der Waals surface area (Å²) in [6, 6.07) is 12.3. The monoisotopic (exact) mass is 515 g/mol. The molecular weight excluding hydrogens is 492 g/mol. The van der Waals surface area contributed by atoms with Gasteiger partial charge in [-0.1, -0.05) is 19.0 Å². The van der Waals surface area contributed by atoms with Gasteiger partial charge < -0.3 is 14.5 Å². The third-order valence-electron chi connectivity index (χ3n) is 5.35. The van der Waals surface area contributed by atoms with Crippen LogP contribution in [0, 0.1) is 11.6 Å². The Kier molecular flexibility index (Phi) is 7.05. The van der Waals surface area contributed by atoms with Gasteiger partial charge in [0, 0.05) is 36.1 Å². The minimum atomic E-state index is -0.763. The summed E-state index contributed by atoms with van der Waals surface area (Å²) in [5.41, 5.74) is 2.88. The highest BCUT2D eigenvalue weighted by molar-refractivity contribution is 9.18. The molecule has 2 heterocycles. The van der Waals surface area contributed by atoms with Gasteiger partial charge in [0.25, 0.3) is 0 Å². The largest absolute Gasteiger partial charge is 0.391 e. The second-order valence-corrected chi connectivity index (χ2v) is 9.16. The fourth-order valence-electron chi connectivity index (χ4n) is 3.75. The Morgan fingerprint density at radius 3 is 2.24 bits per heavy atom. The molecule has 0 aliphatic carbocycles. The molecule has 0 fully saturated rings. The van der Waals surface area contributed by atoms with E-state index < -0.39 is 6.10 Å². The van der Waals surface area contributed by atoms with Gasteiger partial charge in [0.05, 0.1) is 17.5 Å². The van der Waals surface area contributed by atoms with Crippen LogP contribution < -0.4 is 0 Å². The normalized spacial score (nSPS) is 16.9. The van der Waals surface area contributed by atoms with Crippen LogP contribution >= 0.6 is 15.9 Å². The lowest BCUT2D eigenvalue weighted by Gasteiger charge is -2.13. The second kappa shape index (κ2) is 9.97. The van der Waals surface area contributed by atoms with Crippen LogP contribution in [0.1, 0.15) is 38.4 Å². The maximum atomic E-state index is 13.6. The van der Waals surface area contributed by atoms with Crippen LogP contribution in [-0.4, -0.2) is 31.5 Å². The molecule has 2 unspecified atom stereocenters. The van der Waals surface area contributed by atoms with E-state index in [4.69, 9.17) is 9.82 Å². The van der Waals surface area contributed by atoms with Gasteiger partial charge in [-0.15, -0.1) is 0 Å². The standard InChI is InChI=1S/C25H24BrF2N3O2/c1-15(2)25-29-23(16-3-7-18(27)8-4-16)24(17-5-9-19(28)10-6-17)31(25)12-11-20(32)13-21-14-22(26)30-33-21/h3-12,15,20-21,32H,13-14H2,1-2H3/b12-11+. The Bertz CT molecular complexity index is 1170. The molecule has 1 aromatic heterocycles. The Balaban J connectivity index is 1.77. The van der Waals surface area contributed by atoms with E-state index in [0.717, 1.165) is 27.3 Å². The lowest BCUT2D eigenvalue weighted by molar-refractivity contribution is 0.0497. The van der Waals surface area contributed by atoms with Crippen molar-refractivity contribution in [3.05, 3.63) is 72.1 Å². The predicted molar refractivity (Wildman–Crippen MR) is 129 cm³/mol. The zero-order chi connectivity index (χ0) is 23.5. The van der Waals surface area contributed by atoms with Crippen LogP contribution in [0.2, 0.25) is 0 Å². The van der Waals surface area contributed by atoms with E-state index >= 15 is 0 Å². The fourth-order valence-corrected chi connectivity index (χ4v) is 4.20. The summed E-state index contributed by atoms with van der Waals surface area (Å²) in [5.74, 6) is 0.148. The molecule has 8 heteroatoms. The molecule has 2 atom stereocenters. The van der Waals surface area contributed by atoms with Crippen molar-refractivity contribution in [2.75, 3.05) is 0 Å². The topological polar surface area (TPSA) is 59.6 Å². The van der Waals surface area contributed by atoms with Crippen molar-refractivity contribution in [3.63, 3.8) is 0 Å². The number of hydrogen-bond donors (Lipinski definition) is 1. The molecule has 0 radical (unpaired) electrons. The quantitative estimate of drug-likeness (QED) is 0.399. The molecule has 2 aromatic carbocycles. The molecule has 5 nitrogen and oxygen atoms in total. The number of halogens is 3. The van der Waals surface area contributed by atoms with E-state index in [1.165, 1.54) is 24.3 Å². The number of hydrogen-bond acceptors (Lipinski definition) is 4. The minimum absolute atomic E-state index is 0.0581. The molecule has 0 spiro atoms. The molecule has 0 amide bonds. The van der Waals surface area contributed by atoms with Crippen LogP contribution in [0.5, 0.6) is 0 Å². The number of benzene rings is 2. The fraction of sp³-hybridized carbons (Fsp3) is 0.280. The van der Waals surface area contributed by atoms with E-state index in [9.17, 15) is 13.9 Å². The predicted octanol–water partition coefficient (Wildman–Crippen LogP) is 6.34. The number of aliphatic hydroxyl groups is 1. The third-order valence-corrected chi connectivity index (χ3v) is 5.82. The molecule has 0 saturated heterocycles. The number of oxime groups is 1. The zero-order valence-corrected chi connectivity index (χ0v) is 19.8. The second-order valence-electron chi connectivity index (χ2n) is 8.25. The van der Waals surface area contributed by atoms with Crippen molar-refractivity contribution < 1.29 is 18.7 Å². The van der Waals surface area contributed by atoms with Crippen molar-refractivity contribution in [3.8, 4) is 22.5 Å².